The molecule has 1 fully saturated rings. The molecule has 0 amide bonds. The fraction of sp³-hybridized carbons (Fsp3) is 0.370. The molecular formula is C27H30N4O. The van der Waals surface area contributed by atoms with Gasteiger partial charge in [0.1, 0.15) is 5.82 Å². The van der Waals surface area contributed by atoms with Crippen LogP contribution in [0.5, 0.6) is 0 Å². The Kier molecular flexibility index (Phi) is 4.99. The molecule has 1 saturated carbocycles. The van der Waals surface area contributed by atoms with Crippen LogP contribution in [0.1, 0.15) is 49.4 Å². The number of anilines is 1. The number of benzene rings is 2. The number of hydrogen-bond acceptors (Lipinski definition) is 3. The zero-order valence-electron chi connectivity index (χ0n) is 18.3. The van der Waals surface area contributed by atoms with Crippen molar-refractivity contribution in [1.82, 2.24) is 15.3 Å². The topological polar surface area (TPSA) is 72.7 Å². The first kappa shape index (κ1) is 19.6. The van der Waals surface area contributed by atoms with Crippen molar-refractivity contribution in [2.75, 3.05) is 11.9 Å². The molecule has 3 atom stereocenters. The number of nitrogens with one attached hydrogen (secondary N) is 4. The van der Waals surface area contributed by atoms with Crippen molar-refractivity contribution in [2.45, 2.75) is 50.6 Å². The Balaban J connectivity index is 1.18. The van der Waals surface area contributed by atoms with Gasteiger partial charge in [-0.1, -0.05) is 36.8 Å². The number of aromatic nitrogens is 2. The SMILES string of the molecule is O=c1cc(NC[C@H]2CCC[C@@H]2NC2CCCc3c2[nH]c2ccccc32)[nH]c2ccccc12. The van der Waals surface area contributed by atoms with Gasteiger partial charge in [-0.2, -0.15) is 0 Å². The van der Waals surface area contributed by atoms with Crippen molar-refractivity contribution < 1.29 is 0 Å². The molecule has 1 unspecified atom stereocenters. The van der Waals surface area contributed by atoms with Gasteiger partial charge in [0.15, 0.2) is 5.43 Å². The van der Waals surface area contributed by atoms with Crippen molar-refractivity contribution in [1.29, 1.82) is 0 Å². The second kappa shape index (κ2) is 8.14. The molecule has 32 heavy (non-hydrogen) atoms. The van der Waals surface area contributed by atoms with E-state index in [4.69, 9.17) is 0 Å². The van der Waals surface area contributed by atoms with Crippen LogP contribution >= 0.6 is 0 Å². The van der Waals surface area contributed by atoms with Gasteiger partial charge in [0.2, 0.25) is 0 Å². The van der Waals surface area contributed by atoms with Gasteiger partial charge in [-0.15, -0.1) is 0 Å². The fourth-order valence-corrected chi connectivity index (χ4v) is 5.87. The Labute approximate surface area is 187 Å². The van der Waals surface area contributed by atoms with Crippen LogP contribution in [-0.4, -0.2) is 22.6 Å². The molecule has 2 heterocycles. The van der Waals surface area contributed by atoms with E-state index in [2.05, 4.69) is 44.9 Å². The minimum Gasteiger partial charge on any atom is -0.371 e. The average Bonchev–Trinajstić information content (AvgIpc) is 3.42. The predicted octanol–water partition coefficient (Wildman–Crippen LogP) is 5.26. The van der Waals surface area contributed by atoms with Crippen LogP contribution in [0.2, 0.25) is 0 Å². The largest absolute Gasteiger partial charge is 0.371 e. The van der Waals surface area contributed by atoms with Gasteiger partial charge >= 0.3 is 0 Å². The van der Waals surface area contributed by atoms with Gasteiger partial charge in [-0.3, -0.25) is 4.79 Å². The highest BCUT2D eigenvalue weighted by molar-refractivity contribution is 5.85. The summed E-state index contributed by atoms with van der Waals surface area (Å²) in [5.74, 6) is 1.37. The van der Waals surface area contributed by atoms with E-state index in [1.807, 2.05) is 24.3 Å². The Hall–Kier alpha value is -3.05. The van der Waals surface area contributed by atoms with Crippen LogP contribution in [0.3, 0.4) is 0 Å². The van der Waals surface area contributed by atoms with E-state index in [9.17, 15) is 4.79 Å². The Morgan fingerprint density at radius 3 is 2.53 bits per heavy atom. The van der Waals surface area contributed by atoms with E-state index < -0.39 is 0 Å². The average molecular weight is 427 g/mol. The van der Waals surface area contributed by atoms with Crippen LogP contribution in [0.15, 0.2) is 59.4 Å². The summed E-state index contributed by atoms with van der Waals surface area (Å²) in [5, 5.41) is 9.67. The van der Waals surface area contributed by atoms with Crippen LogP contribution in [-0.2, 0) is 6.42 Å². The van der Waals surface area contributed by atoms with Crippen LogP contribution < -0.4 is 16.1 Å². The van der Waals surface area contributed by atoms with E-state index in [-0.39, 0.29) is 5.43 Å². The summed E-state index contributed by atoms with van der Waals surface area (Å²) in [6.45, 7) is 0.873. The third-order valence-corrected chi connectivity index (χ3v) is 7.48. The summed E-state index contributed by atoms with van der Waals surface area (Å²) in [6.07, 6.45) is 7.28. The summed E-state index contributed by atoms with van der Waals surface area (Å²) in [4.78, 5) is 19.5. The fourth-order valence-electron chi connectivity index (χ4n) is 5.87. The van der Waals surface area contributed by atoms with Crippen LogP contribution in [0.25, 0.3) is 21.8 Å². The second-order valence-corrected chi connectivity index (χ2v) is 9.45. The lowest BCUT2D eigenvalue weighted by Gasteiger charge is -2.30. The van der Waals surface area contributed by atoms with Gasteiger partial charge in [-0.25, -0.2) is 0 Å². The molecule has 0 radical (unpaired) electrons. The third kappa shape index (κ3) is 3.51. The highest BCUT2D eigenvalue weighted by Gasteiger charge is 2.32. The molecule has 5 heteroatoms. The predicted molar refractivity (Wildman–Crippen MR) is 131 cm³/mol. The molecule has 0 saturated heterocycles. The molecule has 0 bridgehead atoms. The first-order valence-corrected chi connectivity index (χ1v) is 12.0. The molecule has 164 valence electrons. The molecule has 2 aromatic heterocycles. The molecule has 2 aliphatic rings. The first-order chi connectivity index (χ1) is 15.8. The summed E-state index contributed by atoms with van der Waals surface area (Å²) in [5.41, 5.74) is 5.12. The highest BCUT2D eigenvalue weighted by Crippen LogP contribution is 2.37. The van der Waals surface area contributed by atoms with Crippen molar-refractivity contribution >= 4 is 27.6 Å². The third-order valence-electron chi connectivity index (χ3n) is 7.48. The molecular weight excluding hydrogens is 396 g/mol. The number of hydrogen-bond donors (Lipinski definition) is 4. The molecule has 2 aromatic carbocycles. The minimum absolute atomic E-state index is 0.0662. The number of para-hydroxylation sites is 2. The number of rotatable bonds is 5. The number of aromatic amines is 2. The van der Waals surface area contributed by atoms with Gasteiger partial charge in [-0.05, 0) is 61.8 Å². The summed E-state index contributed by atoms with van der Waals surface area (Å²) < 4.78 is 0. The Morgan fingerprint density at radius 2 is 1.66 bits per heavy atom. The van der Waals surface area contributed by atoms with Crippen molar-refractivity contribution in [3.05, 3.63) is 76.1 Å². The molecule has 2 aliphatic carbocycles. The lowest BCUT2D eigenvalue weighted by atomic mass is 9.90. The number of pyridine rings is 1. The van der Waals surface area contributed by atoms with Crippen molar-refractivity contribution in [3.63, 3.8) is 0 Å². The maximum absolute atomic E-state index is 12.4. The van der Waals surface area contributed by atoms with E-state index in [1.54, 1.807) is 6.07 Å². The lowest BCUT2D eigenvalue weighted by molar-refractivity contribution is 0.341. The van der Waals surface area contributed by atoms with Gasteiger partial charge in [0.25, 0.3) is 0 Å². The zero-order chi connectivity index (χ0) is 21.5. The highest BCUT2D eigenvalue weighted by atomic mass is 16.1. The normalized spacial score (nSPS) is 22.9. The number of H-pyrrole nitrogens is 2. The van der Waals surface area contributed by atoms with Crippen LogP contribution in [0.4, 0.5) is 5.82 Å². The van der Waals surface area contributed by atoms with Gasteiger partial charge in [0.05, 0.1) is 5.52 Å². The number of fused-ring (bicyclic) bond motifs is 4. The van der Waals surface area contributed by atoms with E-state index >= 15 is 0 Å². The minimum atomic E-state index is 0.0662. The van der Waals surface area contributed by atoms with Gasteiger partial charge in [0, 0.05) is 46.7 Å². The Bertz CT molecular complexity index is 1320. The molecule has 4 N–H and O–H groups in total. The maximum Gasteiger partial charge on any atom is 0.191 e. The smallest absolute Gasteiger partial charge is 0.191 e. The number of aryl methyl sites for hydroxylation is 1. The first-order valence-electron chi connectivity index (χ1n) is 12.0. The lowest BCUT2D eigenvalue weighted by Crippen LogP contribution is -2.39. The zero-order valence-corrected chi connectivity index (χ0v) is 18.3. The monoisotopic (exact) mass is 426 g/mol. The summed E-state index contributed by atoms with van der Waals surface area (Å²) >= 11 is 0. The van der Waals surface area contributed by atoms with E-state index in [0.29, 0.717) is 18.0 Å². The summed E-state index contributed by atoms with van der Waals surface area (Å²) in [7, 11) is 0. The molecule has 0 aliphatic heterocycles. The van der Waals surface area contributed by atoms with Crippen molar-refractivity contribution in [3.8, 4) is 0 Å². The maximum atomic E-state index is 12.4. The quantitative estimate of drug-likeness (QED) is 0.352. The summed E-state index contributed by atoms with van der Waals surface area (Å²) in [6, 6.07) is 19.0. The molecule has 6 rings (SSSR count). The molecule has 0 spiro atoms. The molecule has 5 nitrogen and oxygen atoms in total. The Morgan fingerprint density at radius 1 is 0.875 bits per heavy atom. The van der Waals surface area contributed by atoms with E-state index in [0.717, 1.165) is 23.3 Å². The van der Waals surface area contributed by atoms with Crippen LogP contribution in [0, 0.1) is 5.92 Å². The van der Waals surface area contributed by atoms with Gasteiger partial charge < -0.3 is 20.6 Å². The van der Waals surface area contributed by atoms with Crippen molar-refractivity contribution in [2.24, 2.45) is 5.92 Å². The standard InChI is InChI=1S/C27H30N4O/c32-25-15-26(30-23-12-4-2-9-20(23)25)28-16-17-7-5-13-21(17)29-24-14-6-10-19-18-8-1-3-11-22(18)31-27(19)24/h1-4,8-9,11-12,15,17,21,24,29,31H,5-7,10,13-14,16H2,(H2,28,30,32)/t17-,21+,24?/m1/s1. The second-order valence-electron chi connectivity index (χ2n) is 9.45. The molecule has 4 aromatic rings. The van der Waals surface area contributed by atoms with E-state index in [1.165, 1.54) is 60.7 Å².